The van der Waals surface area contributed by atoms with Gasteiger partial charge in [-0.15, -0.1) is 6.58 Å². The number of hydrogen-bond donors (Lipinski definition) is 1. The van der Waals surface area contributed by atoms with E-state index in [1.165, 1.54) is 9.80 Å². The summed E-state index contributed by atoms with van der Waals surface area (Å²) in [5.41, 5.74) is 0.957. The number of hydrogen-bond acceptors (Lipinski definition) is 4. The van der Waals surface area contributed by atoms with E-state index < -0.39 is 11.5 Å². The molecule has 2 unspecified atom stereocenters. The van der Waals surface area contributed by atoms with Gasteiger partial charge in [0.1, 0.15) is 18.1 Å². The molecular weight excluding hydrogens is 451 g/mol. The van der Waals surface area contributed by atoms with Gasteiger partial charge in [-0.25, -0.2) is 0 Å². The first-order valence-corrected chi connectivity index (χ1v) is 11.0. The zero-order valence-corrected chi connectivity index (χ0v) is 18.9. The predicted molar refractivity (Wildman–Crippen MR) is 123 cm³/mol. The van der Waals surface area contributed by atoms with Crippen LogP contribution >= 0.6 is 23.2 Å². The molecule has 2 aromatic rings. The number of nitrogens with zero attached hydrogens (tertiary/aromatic N) is 3. The Morgan fingerprint density at radius 2 is 1.88 bits per heavy atom. The molecule has 1 aromatic carbocycles. The molecule has 1 N–H and O–H groups in total. The Bertz CT molecular complexity index is 969. The summed E-state index contributed by atoms with van der Waals surface area (Å²) in [5.74, 6) is -0.979. The molecule has 2 heterocycles. The van der Waals surface area contributed by atoms with Crippen LogP contribution in [0.25, 0.3) is 0 Å². The molecule has 168 valence electrons. The molecule has 0 bridgehead atoms. The Morgan fingerprint density at radius 1 is 1.19 bits per heavy atom. The number of alkyl halides is 1. The first-order valence-electron chi connectivity index (χ1n) is 10.1. The number of halogens is 2. The maximum absolute atomic E-state index is 13.4. The quantitative estimate of drug-likeness (QED) is 0.344. The highest BCUT2D eigenvalue weighted by atomic mass is 35.5. The Kier molecular flexibility index (Phi) is 8.25. The van der Waals surface area contributed by atoms with Crippen LogP contribution in [0.5, 0.6) is 0 Å². The number of carbonyl (C=O) groups is 3. The van der Waals surface area contributed by atoms with Crippen molar-refractivity contribution in [2.24, 2.45) is 0 Å². The first-order chi connectivity index (χ1) is 15.4. The number of carbonyl (C=O) groups excluding carboxylic acids is 3. The minimum atomic E-state index is -0.958. The summed E-state index contributed by atoms with van der Waals surface area (Å²) in [7, 11) is 0. The lowest BCUT2D eigenvalue weighted by Gasteiger charge is -2.41. The van der Waals surface area contributed by atoms with E-state index in [-0.39, 0.29) is 43.8 Å². The Hall–Kier alpha value is -2.90. The van der Waals surface area contributed by atoms with Gasteiger partial charge in [0.2, 0.25) is 17.7 Å². The number of aromatic nitrogens is 1. The van der Waals surface area contributed by atoms with Crippen molar-refractivity contribution < 1.29 is 14.4 Å². The van der Waals surface area contributed by atoms with Crippen LogP contribution in [0.1, 0.15) is 17.5 Å². The molecule has 2 atom stereocenters. The smallest absolute Gasteiger partial charge is 0.247 e. The molecule has 0 spiro atoms. The molecule has 3 rings (SSSR count). The molecule has 7 nitrogen and oxygen atoms in total. The minimum absolute atomic E-state index is 0.156. The molecule has 1 aliphatic rings. The number of amides is 3. The van der Waals surface area contributed by atoms with Crippen molar-refractivity contribution in [3.05, 3.63) is 77.6 Å². The third kappa shape index (κ3) is 6.08. The average molecular weight is 475 g/mol. The molecule has 3 amide bonds. The van der Waals surface area contributed by atoms with E-state index in [2.05, 4.69) is 16.9 Å². The second-order valence-corrected chi connectivity index (χ2v) is 8.36. The average Bonchev–Trinajstić information content (AvgIpc) is 2.79. The summed E-state index contributed by atoms with van der Waals surface area (Å²) in [5, 5.41) is 3.27. The summed E-state index contributed by atoms with van der Waals surface area (Å²) in [6.07, 6.45) is 4.96. The lowest BCUT2D eigenvalue weighted by atomic mass is 10.0. The second kappa shape index (κ2) is 11.1. The van der Waals surface area contributed by atoms with Crippen molar-refractivity contribution in [2.75, 3.05) is 13.1 Å². The largest absolute Gasteiger partial charge is 0.353 e. The standard InChI is InChI=1S/C23H24Cl2N4O3/c1-2-9-27-21(30)13-19-23(32)29(20(25)12-16-3-5-18(24)6-4-16)15-22(31)28(19)14-17-7-10-26-11-8-17/h2-8,10-11,19-20H,1,9,12-15H2,(H,27,30). The number of rotatable bonds is 9. The molecule has 0 aliphatic carbocycles. The van der Waals surface area contributed by atoms with E-state index in [1.807, 2.05) is 12.1 Å². The van der Waals surface area contributed by atoms with E-state index >= 15 is 0 Å². The number of piperazine rings is 1. The number of nitrogens with one attached hydrogen (secondary N) is 1. The van der Waals surface area contributed by atoms with Gasteiger partial charge in [0.05, 0.1) is 6.42 Å². The van der Waals surface area contributed by atoms with Crippen LogP contribution in [-0.2, 0) is 27.3 Å². The van der Waals surface area contributed by atoms with Gasteiger partial charge in [0, 0.05) is 36.9 Å². The second-order valence-electron chi connectivity index (χ2n) is 7.42. The van der Waals surface area contributed by atoms with E-state index in [4.69, 9.17) is 23.2 Å². The van der Waals surface area contributed by atoms with Gasteiger partial charge in [-0.2, -0.15) is 0 Å². The van der Waals surface area contributed by atoms with Gasteiger partial charge < -0.3 is 15.1 Å². The molecule has 0 saturated carbocycles. The van der Waals surface area contributed by atoms with Gasteiger partial charge in [0.25, 0.3) is 0 Å². The number of benzene rings is 1. The highest BCUT2D eigenvalue weighted by Crippen LogP contribution is 2.24. The topological polar surface area (TPSA) is 82.6 Å². The Balaban J connectivity index is 1.80. The predicted octanol–water partition coefficient (Wildman–Crippen LogP) is 2.77. The van der Waals surface area contributed by atoms with Crippen LogP contribution in [-0.4, -0.2) is 57.1 Å². The maximum Gasteiger partial charge on any atom is 0.247 e. The third-order valence-corrected chi connectivity index (χ3v) is 5.79. The SMILES string of the molecule is C=CCNC(=O)CC1C(=O)N(C(Cl)Cc2ccc(Cl)cc2)CC(=O)N1Cc1ccncc1. The summed E-state index contributed by atoms with van der Waals surface area (Å²) in [6, 6.07) is 9.71. The highest BCUT2D eigenvalue weighted by molar-refractivity contribution is 6.30. The fraction of sp³-hybridized carbons (Fsp3) is 0.304. The first kappa shape index (κ1) is 23.8. The summed E-state index contributed by atoms with van der Waals surface area (Å²) in [6.45, 7) is 3.89. The fourth-order valence-corrected chi connectivity index (χ4v) is 3.96. The zero-order chi connectivity index (χ0) is 23.1. The van der Waals surface area contributed by atoms with Crippen molar-refractivity contribution >= 4 is 40.9 Å². The molecule has 1 fully saturated rings. The molecule has 9 heteroatoms. The molecular formula is C23H24Cl2N4O3. The molecule has 32 heavy (non-hydrogen) atoms. The Labute approximate surface area is 197 Å². The van der Waals surface area contributed by atoms with Gasteiger partial charge in [-0.3, -0.25) is 19.4 Å². The van der Waals surface area contributed by atoms with Crippen molar-refractivity contribution in [3.8, 4) is 0 Å². The van der Waals surface area contributed by atoms with Gasteiger partial charge >= 0.3 is 0 Å². The maximum atomic E-state index is 13.4. The Morgan fingerprint density at radius 3 is 2.53 bits per heavy atom. The van der Waals surface area contributed by atoms with Crippen LogP contribution in [0.15, 0.2) is 61.4 Å². The number of pyridine rings is 1. The summed E-state index contributed by atoms with van der Waals surface area (Å²) < 4.78 is 0. The highest BCUT2D eigenvalue weighted by Gasteiger charge is 2.42. The van der Waals surface area contributed by atoms with Gasteiger partial charge in [0.15, 0.2) is 0 Å². The van der Waals surface area contributed by atoms with Gasteiger partial charge in [-0.1, -0.05) is 41.4 Å². The molecule has 1 aromatic heterocycles. The van der Waals surface area contributed by atoms with Crippen LogP contribution in [0.4, 0.5) is 0 Å². The van der Waals surface area contributed by atoms with Crippen LogP contribution in [0.3, 0.4) is 0 Å². The molecule has 0 radical (unpaired) electrons. The van der Waals surface area contributed by atoms with Crippen molar-refractivity contribution in [1.29, 1.82) is 0 Å². The third-order valence-electron chi connectivity index (χ3n) is 5.15. The minimum Gasteiger partial charge on any atom is -0.353 e. The van der Waals surface area contributed by atoms with Crippen LogP contribution in [0.2, 0.25) is 5.02 Å². The summed E-state index contributed by atoms with van der Waals surface area (Å²) in [4.78, 5) is 45.6. The van der Waals surface area contributed by atoms with E-state index in [9.17, 15) is 14.4 Å². The zero-order valence-electron chi connectivity index (χ0n) is 17.4. The van der Waals surface area contributed by atoms with Crippen LogP contribution < -0.4 is 5.32 Å². The molecule has 1 aliphatic heterocycles. The lowest BCUT2D eigenvalue weighted by molar-refractivity contribution is -0.158. The van der Waals surface area contributed by atoms with E-state index in [0.717, 1.165) is 11.1 Å². The normalized spacial score (nSPS) is 17.2. The lowest BCUT2D eigenvalue weighted by Crippen LogP contribution is -2.62. The monoisotopic (exact) mass is 474 g/mol. The van der Waals surface area contributed by atoms with E-state index in [1.54, 1.807) is 42.7 Å². The molecule has 1 saturated heterocycles. The van der Waals surface area contributed by atoms with Gasteiger partial charge in [-0.05, 0) is 35.4 Å². The fourth-order valence-electron chi connectivity index (χ4n) is 3.49. The summed E-state index contributed by atoms with van der Waals surface area (Å²) >= 11 is 12.5. The van der Waals surface area contributed by atoms with Crippen molar-refractivity contribution in [2.45, 2.75) is 30.9 Å². The van der Waals surface area contributed by atoms with Crippen LogP contribution in [0, 0.1) is 0 Å². The van der Waals surface area contributed by atoms with Crippen molar-refractivity contribution in [1.82, 2.24) is 20.1 Å². The van der Waals surface area contributed by atoms with Crippen molar-refractivity contribution in [3.63, 3.8) is 0 Å². The van der Waals surface area contributed by atoms with E-state index in [0.29, 0.717) is 11.4 Å².